The summed E-state index contributed by atoms with van der Waals surface area (Å²) >= 11 is 0. The minimum absolute atomic E-state index is 0. The van der Waals surface area contributed by atoms with Gasteiger partial charge in [0, 0.05) is 32.4 Å². The first kappa shape index (κ1) is 25.4. The number of guanidine groups is 1. The van der Waals surface area contributed by atoms with E-state index in [1.54, 1.807) is 25.4 Å². The first-order chi connectivity index (χ1) is 15.2. The van der Waals surface area contributed by atoms with Crippen molar-refractivity contribution in [3.05, 3.63) is 83.8 Å². The lowest BCUT2D eigenvalue weighted by Gasteiger charge is -2.13. The number of aliphatic imine (C=N–C) groups is 1. The van der Waals surface area contributed by atoms with Crippen LogP contribution in [-0.4, -0.2) is 31.1 Å². The van der Waals surface area contributed by atoms with Crippen molar-refractivity contribution in [1.29, 1.82) is 0 Å². The topological polar surface area (TPSA) is 67.8 Å². The number of nitrogens with zero attached hydrogens (tertiary/aromatic N) is 2. The van der Waals surface area contributed by atoms with Crippen LogP contribution in [0.5, 0.6) is 17.4 Å². The number of benzene rings is 2. The molecular formula is C24H28FIN4O2. The summed E-state index contributed by atoms with van der Waals surface area (Å²) in [6.07, 6.45) is 2.32. The Morgan fingerprint density at radius 2 is 1.75 bits per heavy atom. The van der Waals surface area contributed by atoms with Crippen molar-refractivity contribution in [2.45, 2.75) is 19.9 Å². The number of rotatable bonds is 9. The van der Waals surface area contributed by atoms with Gasteiger partial charge in [0.1, 0.15) is 5.82 Å². The second kappa shape index (κ2) is 13.5. The van der Waals surface area contributed by atoms with Crippen molar-refractivity contribution in [2.75, 3.05) is 20.2 Å². The molecule has 0 aliphatic rings. The molecule has 8 heteroatoms. The lowest BCUT2D eigenvalue weighted by molar-refractivity contribution is 0.319. The largest absolute Gasteiger partial charge is 0.490 e. The predicted molar refractivity (Wildman–Crippen MR) is 136 cm³/mol. The van der Waals surface area contributed by atoms with Gasteiger partial charge in [-0.1, -0.05) is 36.4 Å². The molecule has 0 radical (unpaired) electrons. The Morgan fingerprint density at radius 3 is 2.44 bits per heavy atom. The van der Waals surface area contributed by atoms with Crippen LogP contribution in [0.25, 0.3) is 0 Å². The number of hydrogen-bond acceptors (Lipinski definition) is 4. The molecule has 0 amide bonds. The van der Waals surface area contributed by atoms with Gasteiger partial charge in [-0.2, -0.15) is 0 Å². The van der Waals surface area contributed by atoms with Gasteiger partial charge < -0.3 is 20.1 Å². The fourth-order valence-corrected chi connectivity index (χ4v) is 2.92. The van der Waals surface area contributed by atoms with E-state index >= 15 is 0 Å². The summed E-state index contributed by atoms with van der Waals surface area (Å²) in [5.41, 5.74) is 1.65. The van der Waals surface area contributed by atoms with Crippen LogP contribution < -0.4 is 20.1 Å². The molecule has 2 aromatic carbocycles. The number of pyridine rings is 1. The molecule has 0 fully saturated rings. The molecule has 0 saturated carbocycles. The normalized spacial score (nSPS) is 10.8. The Bertz CT molecular complexity index is 999. The van der Waals surface area contributed by atoms with Crippen molar-refractivity contribution in [2.24, 2.45) is 4.99 Å². The van der Waals surface area contributed by atoms with E-state index in [2.05, 4.69) is 20.6 Å². The van der Waals surface area contributed by atoms with Crippen molar-refractivity contribution >= 4 is 29.9 Å². The number of aromatic nitrogens is 1. The summed E-state index contributed by atoms with van der Waals surface area (Å²) in [4.78, 5) is 8.57. The van der Waals surface area contributed by atoms with Gasteiger partial charge >= 0.3 is 0 Å². The average molecular weight is 550 g/mol. The maximum absolute atomic E-state index is 13.7. The third-order valence-corrected chi connectivity index (χ3v) is 4.49. The fraction of sp³-hybridized carbons (Fsp3) is 0.250. The Morgan fingerprint density at radius 1 is 1.00 bits per heavy atom. The zero-order valence-corrected chi connectivity index (χ0v) is 20.5. The Hall–Kier alpha value is -2.88. The number of nitrogens with one attached hydrogen (secondary N) is 2. The highest BCUT2D eigenvalue weighted by molar-refractivity contribution is 14.0. The van der Waals surface area contributed by atoms with Gasteiger partial charge in [0.05, 0.1) is 6.61 Å². The minimum atomic E-state index is -0.190. The summed E-state index contributed by atoms with van der Waals surface area (Å²) in [6, 6.07) is 18.0. The predicted octanol–water partition coefficient (Wildman–Crippen LogP) is 4.94. The zero-order chi connectivity index (χ0) is 21.9. The molecule has 0 atom stereocenters. The molecule has 3 rings (SSSR count). The first-order valence-electron chi connectivity index (χ1n) is 10.2. The Balaban J connectivity index is 0.00000363. The molecule has 0 bridgehead atoms. The van der Waals surface area contributed by atoms with Crippen LogP contribution in [0.3, 0.4) is 0 Å². The monoisotopic (exact) mass is 550 g/mol. The third-order valence-electron chi connectivity index (χ3n) is 4.49. The van der Waals surface area contributed by atoms with E-state index < -0.39 is 0 Å². The van der Waals surface area contributed by atoms with Gasteiger partial charge in [-0.25, -0.2) is 9.37 Å². The quantitative estimate of drug-likeness (QED) is 0.225. The lowest BCUT2D eigenvalue weighted by atomic mass is 10.1. The maximum atomic E-state index is 13.7. The van der Waals surface area contributed by atoms with E-state index in [1.807, 2.05) is 49.4 Å². The van der Waals surface area contributed by atoms with E-state index in [0.717, 1.165) is 5.56 Å². The summed E-state index contributed by atoms with van der Waals surface area (Å²) in [6.45, 7) is 3.61. The van der Waals surface area contributed by atoms with Crippen LogP contribution in [0, 0.1) is 5.82 Å². The second-order valence-electron chi connectivity index (χ2n) is 6.68. The Labute approximate surface area is 205 Å². The SMILES string of the molecule is CCOc1ccccc1Oc1ccc(CNC(=NC)NCCc2ccccc2F)cn1.I. The van der Waals surface area contributed by atoms with Crippen LogP contribution >= 0.6 is 24.0 Å². The summed E-state index contributed by atoms with van der Waals surface area (Å²) in [5, 5.41) is 6.42. The van der Waals surface area contributed by atoms with Crippen molar-refractivity contribution in [3.8, 4) is 17.4 Å². The van der Waals surface area contributed by atoms with Crippen LogP contribution in [0.2, 0.25) is 0 Å². The molecule has 3 aromatic rings. The van der Waals surface area contributed by atoms with Gasteiger partial charge in [0.15, 0.2) is 17.5 Å². The maximum Gasteiger partial charge on any atom is 0.219 e. The molecule has 170 valence electrons. The molecule has 0 aliphatic carbocycles. The van der Waals surface area contributed by atoms with E-state index in [0.29, 0.717) is 55.0 Å². The van der Waals surface area contributed by atoms with E-state index in [1.165, 1.54) is 6.07 Å². The molecule has 2 N–H and O–H groups in total. The van der Waals surface area contributed by atoms with Gasteiger partial charge in [-0.15, -0.1) is 24.0 Å². The van der Waals surface area contributed by atoms with Crippen molar-refractivity contribution in [1.82, 2.24) is 15.6 Å². The summed E-state index contributed by atoms with van der Waals surface area (Å²) < 4.78 is 25.1. The van der Waals surface area contributed by atoms with Crippen molar-refractivity contribution in [3.63, 3.8) is 0 Å². The van der Waals surface area contributed by atoms with E-state index in [4.69, 9.17) is 9.47 Å². The van der Waals surface area contributed by atoms with Gasteiger partial charge in [-0.3, -0.25) is 4.99 Å². The molecule has 1 heterocycles. The molecule has 0 aliphatic heterocycles. The van der Waals surface area contributed by atoms with E-state index in [-0.39, 0.29) is 29.8 Å². The highest BCUT2D eigenvalue weighted by Gasteiger charge is 2.07. The fourth-order valence-electron chi connectivity index (χ4n) is 2.92. The number of para-hydroxylation sites is 2. The van der Waals surface area contributed by atoms with Crippen LogP contribution in [-0.2, 0) is 13.0 Å². The molecule has 6 nitrogen and oxygen atoms in total. The second-order valence-corrected chi connectivity index (χ2v) is 6.68. The lowest BCUT2D eigenvalue weighted by Crippen LogP contribution is -2.37. The van der Waals surface area contributed by atoms with Gasteiger partial charge in [0.2, 0.25) is 5.88 Å². The number of hydrogen-bond donors (Lipinski definition) is 2. The molecule has 0 unspecified atom stereocenters. The third kappa shape index (κ3) is 7.67. The first-order valence-corrected chi connectivity index (χ1v) is 10.2. The van der Waals surface area contributed by atoms with E-state index in [9.17, 15) is 4.39 Å². The number of ether oxygens (including phenoxy) is 2. The molecule has 0 saturated heterocycles. The van der Waals surface area contributed by atoms with Gasteiger partial charge in [0.25, 0.3) is 0 Å². The molecular weight excluding hydrogens is 522 g/mol. The zero-order valence-electron chi connectivity index (χ0n) is 18.2. The highest BCUT2D eigenvalue weighted by atomic mass is 127. The smallest absolute Gasteiger partial charge is 0.219 e. The summed E-state index contributed by atoms with van der Waals surface area (Å²) in [7, 11) is 1.70. The standard InChI is InChI=1S/C24H27FN4O2.HI/c1-3-30-21-10-6-7-11-22(21)31-23-13-12-18(16-28-23)17-29-24(26-2)27-15-14-19-8-4-5-9-20(19)25;/h4-13,16H,3,14-15,17H2,1-2H3,(H2,26,27,29);1H. The number of halogens is 2. The molecule has 1 aromatic heterocycles. The average Bonchev–Trinajstić information content (AvgIpc) is 2.80. The molecule has 32 heavy (non-hydrogen) atoms. The van der Waals surface area contributed by atoms with Crippen LogP contribution in [0.4, 0.5) is 4.39 Å². The summed E-state index contributed by atoms with van der Waals surface area (Å²) in [5.74, 6) is 2.25. The van der Waals surface area contributed by atoms with Crippen LogP contribution in [0.15, 0.2) is 71.9 Å². The molecule has 0 spiro atoms. The van der Waals surface area contributed by atoms with Gasteiger partial charge in [-0.05, 0) is 42.7 Å². The minimum Gasteiger partial charge on any atom is -0.490 e. The van der Waals surface area contributed by atoms with Crippen molar-refractivity contribution < 1.29 is 13.9 Å². The Kier molecular flexibility index (Phi) is 10.7. The van der Waals surface area contributed by atoms with Crippen LogP contribution in [0.1, 0.15) is 18.1 Å². The highest BCUT2D eigenvalue weighted by Crippen LogP contribution is 2.30.